The van der Waals surface area contributed by atoms with Crippen LogP contribution in [0.15, 0.2) is 24.3 Å². The first kappa shape index (κ1) is 19.0. The molecule has 0 spiro atoms. The average molecular weight is 345 g/mol. The number of hydrogen-bond donors (Lipinski definition) is 1. The topological polar surface area (TPSA) is 69.7 Å². The summed E-state index contributed by atoms with van der Waals surface area (Å²) < 4.78 is 0. The Balaban J connectivity index is 1.75. The molecule has 1 aromatic carbocycles. The van der Waals surface area contributed by atoms with Crippen molar-refractivity contribution < 1.29 is 14.4 Å². The number of aryl methyl sites for hydroxylation is 1. The van der Waals surface area contributed by atoms with Gasteiger partial charge in [-0.3, -0.25) is 14.4 Å². The van der Waals surface area contributed by atoms with Crippen LogP contribution in [0.5, 0.6) is 0 Å². The molecule has 0 saturated carbocycles. The summed E-state index contributed by atoms with van der Waals surface area (Å²) in [4.78, 5) is 39.5. The van der Waals surface area contributed by atoms with Crippen LogP contribution < -0.4 is 10.2 Å². The maximum Gasteiger partial charge on any atom is 0.287 e. The highest BCUT2D eigenvalue weighted by molar-refractivity contribution is 6.36. The fourth-order valence-electron chi connectivity index (χ4n) is 2.86. The van der Waals surface area contributed by atoms with Crippen LogP contribution in [0, 0.1) is 6.92 Å². The Kier molecular flexibility index (Phi) is 6.98. The number of ketones is 1. The number of carbonyl (C=O) groups is 3. The number of amides is 2. The molecule has 0 unspecified atom stereocenters. The van der Waals surface area contributed by atoms with Crippen LogP contribution in [0.3, 0.4) is 0 Å². The molecule has 1 aliphatic rings. The van der Waals surface area contributed by atoms with Crippen molar-refractivity contribution in [3.8, 4) is 0 Å². The third-order valence-corrected chi connectivity index (χ3v) is 4.41. The van der Waals surface area contributed by atoms with E-state index in [9.17, 15) is 14.4 Å². The van der Waals surface area contributed by atoms with E-state index in [4.69, 9.17) is 0 Å². The van der Waals surface area contributed by atoms with Crippen molar-refractivity contribution in [2.75, 3.05) is 37.6 Å². The van der Waals surface area contributed by atoms with Crippen molar-refractivity contribution in [1.82, 2.24) is 10.2 Å². The van der Waals surface area contributed by atoms with Crippen molar-refractivity contribution in [3.05, 3.63) is 29.8 Å². The van der Waals surface area contributed by atoms with Gasteiger partial charge in [0.25, 0.3) is 5.91 Å². The number of nitrogens with zero attached hydrogens (tertiary/aromatic N) is 2. The van der Waals surface area contributed by atoms with E-state index in [1.165, 1.54) is 11.3 Å². The molecule has 0 radical (unpaired) electrons. The van der Waals surface area contributed by atoms with Gasteiger partial charge in [0.15, 0.2) is 0 Å². The Morgan fingerprint density at radius 3 is 2.48 bits per heavy atom. The van der Waals surface area contributed by atoms with E-state index in [2.05, 4.69) is 35.3 Å². The number of carbonyl (C=O) groups excluding carboxylic acids is 3. The second-order valence-electron chi connectivity index (χ2n) is 6.42. The minimum atomic E-state index is -0.653. The summed E-state index contributed by atoms with van der Waals surface area (Å²) in [6.45, 7) is 6.68. The van der Waals surface area contributed by atoms with Crippen LogP contribution in [0.1, 0.15) is 31.7 Å². The van der Waals surface area contributed by atoms with Gasteiger partial charge in [-0.2, -0.15) is 0 Å². The lowest BCUT2D eigenvalue weighted by Gasteiger charge is -2.36. The molecule has 136 valence electrons. The van der Waals surface area contributed by atoms with Gasteiger partial charge in [0, 0.05) is 38.3 Å². The van der Waals surface area contributed by atoms with Gasteiger partial charge in [-0.05, 0) is 31.0 Å². The molecular formula is C19H27N3O3. The Labute approximate surface area is 149 Å². The minimum absolute atomic E-state index is 0.110. The first-order valence-corrected chi connectivity index (χ1v) is 8.91. The molecule has 0 atom stereocenters. The quantitative estimate of drug-likeness (QED) is 0.761. The Bertz CT molecular complexity index is 622. The molecule has 1 fully saturated rings. The number of hydrogen-bond acceptors (Lipinski definition) is 4. The fraction of sp³-hybridized carbons (Fsp3) is 0.526. The molecular weight excluding hydrogens is 318 g/mol. The van der Waals surface area contributed by atoms with E-state index < -0.39 is 11.7 Å². The Morgan fingerprint density at radius 2 is 1.84 bits per heavy atom. The molecule has 0 aromatic heterocycles. The van der Waals surface area contributed by atoms with Crippen LogP contribution in [0.25, 0.3) is 0 Å². The molecule has 25 heavy (non-hydrogen) atoms. The fourth-order valence-corrected chi connectivity index (χ4v) is 2.86. The molecule has 1 N–H and O–H groups in total. The zero-order chi connectivity index (χ0) is 18.2. The predicted octanol–water partition coefficient (Wildman–Crippen LogP) is 1.52. The first-order valence-electron chi connectivity index (χ1n) is 8.91. The second-order valence-corrected chi connectivity index (χ2v) is 6.42. The number of rotatable bonds is 7. The Hall–Kier alpha value is -2.37. The smallest absolute Gasteiger partial charge is 0.287 e. The van der Waals surface area contributed by atoms with Crippen molar-refractivity contribution in [1.29, 1.82) is 0 Å². The van der Waals surface area contributed by atoms with Gasteiger partial charge in [-0.15, -0.1) is 0 Å². The van der Waals surface area contributed by atoms with Gasteiger partial charge in [-0.1, -0.05) is 25.5 Å². The van der Waals surface area contributed by atoms with E-state index in [0.29, 0.717) is 19.5 Å². The highest BCUT2D eigenvalue weighted by Gasteiger charge is 2.22. The molecule has 6 nitrogen and oxygen atoms in total. The van der Waals surface area contributed by atoms with E-state index >= 15 is 0 Å². The largest absolute Gasteiger partial charge is 0.368 e. The molecule has 1 aliphatic heterocycles. The van der Waals surface area contributed by atoms with Gasteiger partial charge in [0.1, 0.15) is 0 Å². The summed E-state index contributed by atoms with van der Waals surface area (Å²) in [6.07, 6.45) is 1.80. The summed E-state index contributed by atoms with van der Waals surface area (Å²) in [7, 11) is 0. The van der Waals surface area contributed by atoms with E-state index in [-0.39, 0.29) is 18.9 Å². The summed E-state index contributed by atoms with van der Waals surface area (Å²) in [5.74, 6) is -1.24. The van der Waals surface area contributed by atoms with Gasteiger partial charge < -0.3 is 15.1 Å². The molecule has 0 aliphatic carbocycles. The highest BCUT2D eigenvalue weighted by atomic mass is 16.2. The summed E-state index contributed by atoms with van der Waals surface area (Å²) >= 11 is 0. The van der Waals surface area contributed by atoms with Crippen molar-refractivity contribution in [2.24, 2.45) is 0 Å². The number of anilines is 1. The number of piperazine rings is 1. The van der Waals surface area contributed by atoms with Crippen LogP contribution in [-0.2, 0) is 14.4 Å². The van der Waals surface area contributed by atoms with Crippen molar-refractivity contribution in [3.63, 3.8) is 0 Å². The lowest BCUT2D eigenvalue weighted by Crippen LogP contribution is -2.51. The maximum absolute atomic E-state index is 12.2. The summed E-state index contributed by atoms with van der Waals surface area (Å²) in [5, 5.41) is 2.45. The van der Waals surface area contributed by atoms with Gasteiger partial charge >= 0.3 is 0 Å². The van der Waals surface area contributed by atoms with Gasteiger partial charge in [0.05, 0.1) is 6.54 Å². The molecule has 1 heterocycles. The number of Topliss-reactive ketones (excluding diaryl/α,β-unsaturated/α-hetero) is 1. The molecule has 2 rings (SSSR count). The number of unbranched alkanes of at least 4 members (excludes halogenated alkanes) is 1. The van der Waals surface area contributed by atoms with E-state index in [0.717, 1.165) is 19.5 Å². The molecule has 1 saturated heterocycles. The van der Waals surface area contributed by atoms with Crippen LogP contribution in [-0.4, -0.2) is 55.2 Å². The van der Waals surface area contributed by atoms with Crippen molar-refractivity contribution in [2.45, 2.75) is 33.1 Å². The SMILES string of the molecule is CCCCC(=O)C(=O)NCC(=O)N1CCN(c2cccc(C)c2)CC1. The lowest BCUT2D eigenvalue weighted by atomic mass is 10.2. The van der Waals surface area contributed by atoms with Gasteiger partial charge in [-0.25, -0.2) is 0 Å². The highest BCUT2D eigenvalue weighted by Crippen LogP contribution is 2.17. The average Bonchev–Trinajstić information content (AvgIpc) is 2.64. The van der Waals surface area contributed by atoms with E-state index in [1.807, 2.05) is 13.0 Å². The minimum Gasteiger partial charge on any atom is -0.368 e. The monoisotopic (exact) mass is 345 g/mol. The normalized spacial score (nSPS) is 14.3. The molecule has 6 heteroatoms. The van der Waals surface area contributed by atoms with Crippen LogP contribution in [0.4, 0.5) is 5.69 Å². The second kappa shape index (κ2) is 9.20. The van der Waals surface area contributed by atoms with Gasteiger partial charge in [0.2, 0.25) is 11.7 Å². The zero-order valence-corrected chi connectivity index (χ0v) is 15.1. The molecule has 1 aromatic rings. The zero-order valence-electron chi connectivity index (χ0n) is 15.1. The first-order chi connectivity index (χ1) is 12.0. The van der Waals surface area contributed by atoms with Crippen molar-refractivity contribution >= 4 is 23.3 Å². The standard InChI is InChI=1S/C19H27N3O3/c1-3-4-8-17(23)19(25)20-14-18(24)22-11-9-21(10-12-22)16-7-5-6-15(2)13-16/h5-7,13H,3-4,8-12,14H2,1-2H3,(H,20,25). The lowest BCUT2D eigenvalue weighted by molar-refractivity contribution is -0.139. The molecule has 0 bridgehead atoms. The molecule has 2 amide bonds. The number of nitrogens with one attached hydrogen (secondary N) is 1. The maximum atomic E-state index is 12.2. The number of benzene rings is 1. The summed E-state index contributed by atoms with van der Waals surface area (Å²) in [5.41, 5.74) is 2.38. The van der Waals surface area contributed by atoms with E-state index in [1.54, 1.807) is 4.90 Å². The van der Waals surface area contributed by atoms with Crippen LogP contribution >= 0.6 is 0 Å². The third kappa shape index (κ3) is 5.59. The van der Waals surface area contributed by atoms with Crippen LogP contribution in [0.2, 0.25) is 0 Å². The third-order valence-electron chi connectivity index (χ3n) is 4.41. The Morgan fingerprint density at radius 1 is 1.12 bits per heavy atom. The predicted molar refractivity (Wildman–Crippen MR) is 97.5 cm³/mol. The summed E-state index contributed by atoms with van der Waals surface area (Å²) in [6, 6.07) is 8.31.